The predicted molar refractivity (Wildman–Crippen MR) is 160 cm³/mol. The van der Waals surface area contributed by atoms with Gasteiger partial charge in [0, 0.05) is 12.1 Å². The van der Waals surface area contributed by atoms with Gasteiger partial charge in [-0.25, -0.2) is 8.42 Å². The summed E-state index contributed by atoms with van der Waals surface area (Å²) in [7, 11) is -1.13. The molecule has 41 heavy (non-hydrogen) atoms. The van der Waals surface area contributed by atoms with Crippen LogP contribution in [0.15, 0.2) is 77.7 Å². The van der Waals surface area contributed by atoms with E-state index in [1.54, 1.807) is 68.6 Å². The summed E-state index contributed by atoms with van der Waals surface area (Å²) in [5, 5.41) is 2.92. The van der Waals surface area contributed by atoms with E-state index in [0.29, 0.717) is 17.2 Å². The molecule has 3 rings (SSSR count). The molecular weight excluding hydrogens is 542 g/mol. The summed E-state index contributed by atoms with van der Waals surface area (Å²) >= 11 is 0. The average Bonchev–Trinajstić information content (AvgIpc) is 2.93. The van der Waals surface area contributed by atoms with E-state index in [9.17, 15) is 18.0 Å². The maximum Gasteiger partial charge on any atom is 0.264 e. The molecule has 3 aromatic rings. The van der Waals surface area contributed by atoms with E-state index < -0.39 is 34.1 Å². The Morgan fingerprint density at radius 3 is 2.07 bits per heavy atom. The third-order valence-electron chi connectivity index (χ3n) is 6.40. The number of ether oxygens (including phenoxy) is 2. The molecule has 9 nitrogen and oxygen atoms in total. The molecule has 1 N–H and O–H groups in total. The number of nitrogens with zero attached hydrogens (tertiary/aromatic N) is 2. The SMILES string of the molecule is COc1ccc(S(=O)(=O)N(CC(=O)N(Cc2cccc(OC)c2)C(C)C(=O)NC(C)(C)C)c2ccc(C)cc2)cc1. The number of carbonyl (C=O) groups excluding carboxylic acids is 2. The van der Waals surface area contributed by atoms with E-state index in [4.69, 9.17) is 9.47 Å². The lowest BCUT2D eigenvalue weighted by atomic mass is 10.1. The van der Waals surface area contributed by atoms with Gasteiger partial charge in [-0.3, -0.25) is 13.9 Å². The minimum Gasteiger partial charge on any atom is -0.497 e. The maximum absolute atomic E-state index is 14.0. The van der Waals surface area contributed by atoms with Gasteiger partial charge in [-0.15, -0.1) is 0 Å². The number of hydrogen-bond donors (Lipinski definition) is 1. The Morgan fingerprint density at radius 1 is 0.902 bits per heavy atom. The quantitative estimate of drug-likeness (QED) is 0.357. The van der Waals surface area contributed by atoms with Crippen LogP contribution < -0.4 is 19.1 Å². The first-order valence-corrected chi connectivity index (χ1v) is 14.7. The Labute approximate surface area is 243 Å². The number of hydrogen-bond acceptors (Lipinski definition) is 6. The molecule has 1 atom stereocenters. The van der Waals surface area contributed by atoms with Crippen molar-refractivity contribution >= 4 is 27.5 Å². The Hall–Kier alpha value is -4.05. The number of benzene rings is 3. The smallest absolute Gasteiger partial charge is 0.264 e. The monoisotopic (exact) mass is 581 g/mol. The molecule has 2 amide bonds. The average molecular weight is 582 g/mol. The standard InChI is InChI=1S/C31H39N3O6S/c1-22-11-13-25(14-12-22)34(41(37,38)28-17-15-26(39-6)16-18-28)21-29(35)33(23(2)30(36)32-31(3,4)5)20-24-9-8-10-27(19-24)40-7/h8-19,23H,20-21H2,1-7H3,(H,32,36). The molecule has 0 bridgehead atoms. The first-order chi connectivity index (χ1) is 19.2. The van der Waals surface area contributed by atoms with Crippen LogP contribution in [0.25, 0.3) is 0 Å². The zero-order valence-corrected chi connectivity index (χ0v) is 25.5. The zero-order chi connectivity index (χ0) is 30.4. The van der Waals surface area contributed by atoms with Crippen LogP contribution in [0, 0.1) is 6.92 Å². The lowest BCUT2D eigenvalue weighted by Gasteiger charge is -2.33. The molecule has 0 heterocycles. The Morgan fingerprint density at radius 2 is 1.51 bits per heavy atom. The van der Waals surface area contributed by atoms with Gasteiger partial charge in [0.2, 0.25) is 11.8 Å². The second kappa shape index (κ2) is 13.1. The largest absolute Gasteiger partial charge is 0.497 e. The highest BCUT2D eigenvalue weighted by Crippen LogP contribution is 2.26. The number of amides is 2. The fraction of sp³-hybridized carbons (Fsp3) is 0.355. The minimum atomic E-state index is -4.17. The molecule has 10 heteroatoms. The summed E-state index contributed by atoms with van der Waals surface area (Å²) in [6, 6.07) is 19.1. The molecule has 0 aliphatic rings. The highest BCUT2D eigenvalue weighted by Gasteiger charge is 2.33. The number of rotatable bonds is 11. The number of carbonyl (C=O) groups is 2. The highest BCUT2D eigenvalue weighted by molar-refractivity contribution is 7.92. The normalized spacial score (nSPS) is 12.3. The number of methoxy groups -OCH3 is 2. The van der Waals surface area contributed by atoms with Crippen molar-refractivity contribution in [3.05, 3.63) is 83.9 Å². The van der Waals surface area contributed by atoms with Crippen LogP contribution in [-0.2, 0) is 26.2 Å². The molecule has 0 aliphatic carbocycles. The van der Waals surface area contributed by atoms with Gasteiger partial charge in [-0.05, 0) is 88.7 Å². The molecule has 0 saturated carbocycles. The first kappa shape index (κ1) is 31.5. The topological polar surface area (TPSA) is 105 Å². The fourth-order valence-electron chi connectivity index (χ4n) is 4.14. The van der Waals surface area contributed by atoms with Crippen molar-refractivity contribution < 1.29 is 27.5 Å². The van der Waals surface area contributed by atoms with Gasteiger partial charge in [0.05, 0.1) is 24.8 Å². The molecule has 0 aromatic heterocycles. The van der Waals surface area contributed by atoms with Crippen LogP contribution in [0.2, 0.25) is 0 Å². The van der Waals surface area contributed by atoms with Crippen LogP contribution in [0.1, 0.15) is 38.8 Å². The second-order valence-electron chi connectivity index (χ2n) is 10.8. The van der Waals surface area contributed by atoms with E-state index in [-0.39, 0.29) is 17.3 Å². The summed E-state index contributed by atoms with van der Waals surface area (Å²) in [6.45, 7) is 8.63. The van der Waals surface area contributed by atoms with Crippen molar-refractivity contribution in [3.8, 4) is 11.5 Å². The van der Waals surface area contributed by atoms with Gasteiger partial charge in [-0.2, -0.15) is 0 Å². The van der Waals surface area contributed by atoms with Crippen molar-refractivity contribution in [1.29, 1.82) is 0 Å². The van der Waals surface area contributed by atoms with Crippen LogP contribution >= 0.6 is 0 Å². The van der Waals surface area contributed by atoms with Crippen molar-refractivity contribution in [2.24, 2.45) is 0 Å². The van der Waals surface area contributed by atoms with Crippen LogP contribution in [0.4, 0.5) is 5.69 Å². The number of nitrogens with one attached hydrogen (secondary N) is 1. The number of aryl methyl sites for hydroxylation is 1. The molecule has 1 unspecified atom stereocenters. The van der Waals surface area contributed by atoms with Crippen LogP contribution in [0.3, 0.4) is 0 Å². The Kier molecular flexibility index (Phi) is 10.0. The number of sulfonamides is 1. The highest BCUT2D eigenvalue weighted by atomic mass is 32.2. The van der Waals surface area contributed by atoms with Gasteiger partial charge in [-0.1, -0.05) is 29.8 Å². The van der Waals surface area contributed by atoms with E-state index in [2.05, 4.69) is 5.32 Å². The maximum atomic E-state index is 14.0. The minimum absolute atomic E-state index is 0.00421. The summed E-state index contributed by atoms with van der Waals surface area (Å²) in [6.07, 6.45) is 0. The molecule has 0 fully saturated rings. The molecular formula is C31H39N3O6S. The lowest BCUT2D eigenvalue weighted by molar-refractivity contribution is -0.140. The van der Waals surface area contributed by atoms with Crippen molar-refractivity contribution in [3.63, 3.8) is 0 Å². The summed E-state index contributed by atoms with van der Waals surface area (Å²) in [5.74, 6) is 0.214. The van der Waals surface area contributed by atoms with E-state index >= 15 is 0 Å². The zero-order valence-electron chi connectivity index (χ0n) is 24.7. The predicted octanol–water partition coefficient (Wildman–Crippen LogP) is 4.54. The molecule has 0 saturated heterocycles. The van der Waals surface area contributed by atoms with Gasteiger partial charge < -0.3 is 19.7 Å². The van der Waals surface area contributed by atoms with Crippen molar-refractivity contribution in [2.75, 3.05) is 25.1 Å². The Balaban J connectivity index is 2.04. The van der Waals surface area contributed by atoms with E-state index in [1.165, 1.54) is 24.1 Å². The molecule has 3 aromatic carbocycles. The van der Waals surface area contributed by atoms with E-state index in [0.717, 1.165) is 15.4 Å². The molecule has 0 radical (unpaired) electrons. The Bertz CT molecular complexity index is 1450. The van der Waals surface area contributed by atoms with Gasteiger partial charge in [0.15, 0.2) is 0 Å². The van der Waals surface area contributed by atoms with Crippen molar-refractivity contribution in [1.82, 2.24) is 10.2 Å². The first-order valence-electron chi connectivity index (χ1n) is 13.2. The fourth-order valence-corrected chi connectivity index (χ4v) is 5.55. The van der Waals surface area contributed by atoms with Gasteiger partial charge in [0.1, 0.15) is 24.1 Å². The van der Waals surface area contributed by atoms with Gasteiger partial charge >= 0.3 is 0 Å². The van der Waals surface area contributed by atoms with Crippen molar-refractivity contribution in [2.45, 2.75) is 57.6 Å². The summed E-state index contributed by atoms with van der Waals surface area (Å²) in [5.41, 5.74) is 1.47. The van der Waals surface area contributed by atoms with Crippen LogP contribution in [-0.4, -0.2) is 57.5 Å². The van der Waals surface area contributed by atoms with E-state index in [1.807, 2.05) is 33.8 Å². The van der Waals surface area contributed by atoms with Gasteiger partial charge in [0.25, 0.3) is 10.0 Å². The summed E-state index contributed by atoms with van der Waals surface area (Å²) < 4.78 is 39.4. The molecule has 220 valence electrons. The number of anilines is 1. The second-order valence-corrected chi connectivity index (χ2v) is 12.7. The summed E-state index contributed by atoms with van der Waals surface area (Å²) in [4.78, 5) is 28.6. The third-order valence-corrected chi connectivity index (χ3v) is 8.19. The molecule has 0 aliphatic heterocycles. The molecule has 0 spiro atoms. The third kappa shape index (κ3) is 8.23. The van der Waals surface area contributed by atoms with Crippen LogP contribution in [0.5, 0.6) is 11.5 Å². The lowest BCUT2D eigenvalue weighted by Crippen LogP contribution is -2.54.